The van der Waals surface area contributed by atoms with E-state index >= 15 is 0 Å². The van der Waals surface area contributed by atoms with Crippen LogP contribution in [0.4, 0.5) is 0 Å². The third kappa shape index (κ3) is 5.16. The summed E-state index contributed by atoms with van der Waals surface area (Å²) in [5.74, 6) is 0.234. The van der Waals surface area contributed by atoms with E-state index in [1.165, 1.54) is 11.8 Å². The minimum Gasteiger partial charge on any atom is -0.332 e. The lowest BCUT2D eigenvalue weighted by Crippen LogP contribution is -2.43. The van der Waals surface area contributed by atoms with Crippen molar-refractivity contribution in [3.63, 3.8) is 0 Å². The Labute approximate surface area is 263 Å². The largest absolute Gasteiger partial charge is 0.332 e. The van der Waals surface area contributed by atoms with Crippen molar-refractivity contribution in [2.45, 2.75) is 77.0 Å². The molecule has 0 unspecified atom stereocenters. The lowest BCUT2D eigenvalue weighted by molar-refractivity contribution is -0.129. The van der Waals surface area contributed by atoms with Gasteiger partial charge in [0.15, 0.2) is 5.17 Å². The van der Waals surface area contributed by atoms with Gasteiger partial charge in [0.2, 0.25) is 0 Å². The smallest absolute Gasteiger partial charge is 0.263 e. The van der Waals surface area contributed by atoms with Gasteiger partial charge in [0.05, 0.1) is 6.04 Å². The molecule has 5 nitrogen and oxygen atoms in total. The maximum Gasteiger partial charge on any atom is 0.263 e. The first-order chi connectivity index (χ1) is 20.2. The van der Waals surface area contributed by atoms with Gasteiger partial charge in [-0.05, 0) is 91.4 Å². The molecule has 1 saturated heterocycles. The molecule has 0 radical (unpaired) electrons. The van der Waals surface area contributed by atoms with Gasteiger partial charge >= 0.3 is 0 Å². The van der Waals surface area contributed by atoms with E-state index in [9.17, 15) is 4.79 Å². The first-order valence-electron chi connectivity index (χ1n) is 14.8. The Hall–Kier alpha value is -2.80. The van der Waals surface area contributed by atoms with Crippen LogP contribution < -0.4 is 0 Å². The van der Waals surface area contributed by atoms with Crippen molar-refractivity contribution in [2.75, 3.05) is 0 Å². The van der Waals surface area contributed by atoms with Crippen molar-refractivity contribution in [1.29, 1.82) is 0 Å². The number of pyridine rings is 1. The number of halogens is 2. The van der Waals surface area contributed by atoms with Gasteiger partial charge in [-0.3, -0.25) is 9.78 Å². The quantitative estimate of drug-likeness (QED) is 0.266. The maximum absolute atomic E-state index is 14.6. The van der Waals surface area contributed by atoms with Crippen molar-refractivity contribution < 1.29 is 4.79 Å². The van der Waals surface area contributed by atoms with Gasteiger partial charge < -0.3 is 9.80 Å². The van der Waals surface area contributed by atoms with Crippen molar-refractivity contribution in [3.8, 4) is 0 Å². The summed E-state index contributed by atoms with van der Waals surface area (Å²) in [6.45, 7) is 8.71. The molecule has 4 heterocycles. The van der Waals surface area contributed by atoms with Crippen LogP contribution in [0.5, 0.6) is 0 Å². The summed E-state index contributed by atoms with van der Waals surface area (Å²) in [5.41, 5.74) is 3.66. The van der Waals surface area contributed by atoms with Crippen molar-refractivity contribution in [1.82, 2.24) is 14.8 Å². The molecule has 42 heavy (non-hydrogen) atoms. The molecule has 1 amide bonds. The van der Waals surface area contributed by atoms with Crippen LogP contribution in [0.1, 0.15) is 69.8 Å². The van der Waals surface area contributed by atoms with Gasteiger partial charge in [-0.25, -0.2) is 4.99 Å². The maximum atomic E-state index is 14.6. The number of rotatable bonds is 7. The van der Waals surface area contributed by atoms with Crippen molar-refractivity contribution >= 4 is 46.0 Å². The number of nitrogens with zero attached hydrogens (tertiary/aromatic N) is 4. The third-order valence-corrected chi connectivity index (χ3v) is 10.4. The summed E-state index contributed by atoms with van der Waals surface area (Å²) in [7, 11) is 0. The Morgan fingerprint density at radius 3 is 2.29 bits per heavy atom. The molecule has 0 N–H and O–H groups in total. The van der Waals surface area contributed by atoms with E-state index < -0.39 is 5.54 Å². The number of amides is 1. The average molecular weight is 620 g/mol. The van der Waals surface area contributed by atoms with E-state index in [0.29, 0.717) is 10.0 Å². The zero-order valence-electron chi connectivity index (χ0n) is 24.4. The number of thioether (sulfide) groups is 1. The molecule has 3 aromatic rings. The number of aliphatic imine (C=N–C) groups is 1. The fourth-order valence-corrected chi connectivity index (χ4v) is 8.44. The summed E-state index contributed by atoms with van der Waals surface area (Å²) in [6.07, 6.45) is 5.54. The third-order valence-electron chi connectivity index (χ3n) is 8.86. The van der Waals surface area contributed by atoms with Crippen LogP contribution in [0.2, 0.25) is 10.0 Å². The van der Waals surface area contributed by atoms with Gasteiger partial charge in [0.1, 0.15) is 10.4 Å². The molecule has 3 aliphatic heterocycles. The van der Waals surface area contributed by atoms with E-state index in [1.807, 2.05) is 42.6 Å². The highest BCUT2D eigenvalue weighted by atomic mass is 35.5. The van der Waals surface area contributed by atoms with Gasteiger partial charge in [0, 0.05) is 46.1 Å². The number of hydrogen-bond acceptors (Lipinski definition) is 5. The van der Waals surface area contributed by atoms with Crippen LogP contribution in [0.25, 0.3) is 0 Å². The zero-order chi connectivity index (χ0) is 29.6. The SMILES string of the molecule is CC[C@@H]1CC[C@@H](Cc2ccccn2)N1C(=O)C1=C(C(C)C)N2C(=N[C@@](C)(c3ccc(Cl)cc3)[C@H]2c2ccc(Cl)cc2)S1. The van der Waals surface area contributed by atoms with Gasteiger partial charge in [0.25, 0.3) is 5.91 Å². The lowest BCUT2D eigenvalue weighted by Gasteiger charge is -2.37. The van der Waals surface area contributed by atoms with Crippen molar-refractivity contribution in [2.24, 2.45) is 10.9 Å². The topological polar surface area (TPSA) is 48.8 Å². The number of amidine groups is 1. The predicted molar refractivity (Wildman–Crippen MR) is 174 cm³/mol. The monoisotopic (exact) mass is 618 g/mol. The van der Waals surface area contributed by atoms with E-state index in [0.717, 1.165) is 58.3 Å². The van der Waals surface area contributed by atoms with Gasteiger partial charge in [-0.2, -0.15) is 0 Å². The lowest BCUT2D eigenvalue weighted by atomic mass is 9.81. The molecule has 1 fully saturated rings. The second-order valence-corrected chi connectivity index (χ2v) is 13.7. The summed E-state index contributed by atoms with van der Waals surface area (Å²) in [4.78, 5) is 29.9. The fourth-order valence-electron chi connectivity index (χ4n) is 6.84. The number of hydrogen-bond donors (Lipinski definition) is 0. The van der Waals surface area contributed by atoms with E-state index in [1.54, 1.807) is 0 Å². The molecule has 2 aromatic carbocycles. The molecule has 0 aliphatic carbocycles. The number of aromatic nitrogens is 1. The van der Waals surface area contributed by atoms with Crippen LogP contribution in [-0.2, 0) is 16.8 Å². The summed E-state index contributed by atoms with van der Waals surface area (Å²) >= 11 is 14.1. The summed E-state index contributed by atoms with van der Waals surface area (Å²) in [5, 5.41) is 2.25. The van der Waals surface area contributed by atoms with Crippen LogP contribution >= 0.6 is 35.0 Å². The molecular weight excluding hydrogens is 583 g/mol. The Kier molecular flexibility index (Phi) is 8.16. The van der Waals surface area contributed by atoms with Crippen LogP contribution in [0.15, 0.2) is 88.5 Å². The fraction of sp³-hybridized carbons (Fsp3) is 0.382. The number of benzene rings is 2. The number of carbonyl (C=O) groups excluding carboxylic acids is 1. The van der Waals surface area contributed by atoms with Gasteiger partial charge in [-0.1, -0.05) is 74.3 Å². The number of fused-ring (bicyclic) bond motifs is 1. The minimum atomic E-state index is -0.587. The second kappa shape index (κ2) is 11.7. The molecule has 6 rings (SSSR count). The number of likely N-dealkylation sites (tertiary alicyclic amines) is 1. The average Bonchev–Trinajstić information content (AvgIpc) is 3.64. The van der Waals surface area contributed by atoms with Crippen LogP contribution in [0, 0.1) is 5.92 Å². The van der Waals surface area contributed by atoms with Crippen LogP contribution in [-0.4, -0.2) is 37.9 Å². The standard InChI is InChI=1S/C34H36Cl2N4OS/c1-5-27-17-18-28(20-26-8-6-7-19-37-26)39(27)32(41)30-29(21(2)3)40-31(22-9-13-24(35)14-10-22)34(4,38-33(40)42-30)23-11-15-25(36)16-12-23/h6-16,19,21,27-28,31H,5,17-18,20H2,1-4H3/t27-,28+,31-,34+/m1/s1. The number of carbonyl (C=O) groups is 1. The Bertz CT molecular complexity index is 1520. The summed E-state index contributed by atoms with van der Waals surface area (Å²) < 4.78 is 0. The molecule has 0 bridgehead atoms. The second-order valence-electron chi connectivity index (χ2n) is 11.9. The first kappa shape index (κ1) is 29.3. The first-order valence-corrected chi connectivity index (χ1v) is 16.3. The molecule has 4 atom stereocenters. The molecule has 0 spiro atoms. The van der Waals surface area contributed by atoms with Crippen molar-refractivity contribution in [3.05, 3.63) is 110 Å². The minimum absolute atomic E-state index is 0.114. The predicted octanol–water partition coefficient (Wildman–Crippen LogP) is 8.64. The molecule has 1 aromatic heterocycles. The molecule has 218 valence electrons. The highest BCUT2D eigenvalue weighted by Crippen LogP contribution is 2.56. The highest BCUT2D eigenvalue weighted by Gasteiger charge is 2.54. The normalized spacial score (nSPS) is 25.4. The highest BCUT2D eigenvalue weighted by molar-refractivity contribution is 8.18. The van der Waals surface area contributed by atoms with E-state index in [4.69, 9.17) is 28.2 Å². The van der Waals surface area contributed by atoms with Crippen LogP contribution in [0.3, 0.4) is 0 Å². The van der Waals surface area contributed by atoms with Gasteiger partial charge in [-0.15, -0.1) is 0 Å². The Balaban J connectivity index is 1.42. The molecule has 0 saturated carbocycles. The van der Waals surface area contributed by atoms with E-state index in [-0.39, 0.29) is 30.0 Å². The Morgan fingerprint density at radius 1 is 1.00 bits per heavy atom. The number of allylic oxidation sites excluding steroid dienone is 1. The van der Waals surface area contributed by atoms with E-state index in [2.05, 4.69) is 72.8 Å². The summed E-state index contributed by atoms with van der Waals surface area (Å²) in [6, 6.07) is 22.2. The zero-order valence-corrected chi connectivity index (χ0v) is 26.8. The molecule has 3 aliphatic rings. The molecular formula is C34H36Cl2N4OS. The Morgan fingerprint density at radius 2 is 1.67 bits per heavy atom. The molecule has 8 heteroatoms.